The Bertz CT molecular complexity index is 1080. The molecule has 0 atom stereocenters. The van der Waals surface area contributed by atoms with Gasteiger partial charge in [-0.2, -0.15) is 0 Å². The zero-order chi connectivity index (χ0) is 21.8. The molecule has 1 fully saturated rings. The van der Waals surface area contributed by atoms with Gasteiger partial charge in [0.15, 0.2) is 6.61 Å². The Morgan fingerprint density at radius 2 is 1.77 bits per heavy atom. The Labute approximate surface area is 192 Å². The van der Waals surface area contributed by atoms with Crippen molar-refractivity contribution < 1.29 is 9.53 Å². The summed E-state index contributed by atoms with van der Waals surface area (Å²) >= 11 is 11.9. The number of fused-ring (bicyclic) bond motifs is 1. The van der Waals surface area contributed by atoms with Crippen molar-refractivity contribution in [1.29, 1.82) is 0 Å². The van der Waals surface area contributed by atoms with Crippen LogP contribution in [-0.4, -0.2) is 29.6 Å². The lowest BCUT2D eigenvalue weighted by Gasteiger charge is -2.30. The van der Waals surface area contributed by atoms with Gasteiger partial charge in [0.2, 0.25) is 0 Å². The van der Waals surface area contributed by atoms with Crippen LogP contribution in [0.15, 0.2) is 48.5 Å². The zero-order valence-electron chi connectivity index (χ0n) is 17.3. The quantitative estimate of drug-likeness (QED) is 0.493. The zero-order valence-corrected chi connectivity index (χ0v) is 18.8. The van der Waals surface area contributed by atoms with Crippen LogP contribution in [0.5, 0.6) is 5.75 Å². The molecule has 0 aliphatic heterocycles. The van der Waals surface area contributed by atoms with E-state index in [2.05, 4.69) is 29.7 Å². The van der Waals surface area contributed by atoms with Crippen molar-refractivity contribution in [2.24, 2.45) is 0 Å². The number of aromatic nitrogens is 1. The summed E-state index contributed by atoms with van der Waals surface area (Å²) in [6, 6.07) is 15.8. The molecule has 3 aromatic rings. The highest BCUT2D eigenvalue weighted by Crippen LogP contribution is 2.27. The molecule has 1 aromatic heterocycles. The third-order valence-corrected chi connectivity index (χ3v) is 6.37. The van der Waals surface area contributed by atoms with Crippen molar-refractivity contribution in [3.8, 4) is 5.75 Å². The SMILES string of the molecule is Cc1cc(NC2CCC(NC(=O)COc3ccc(Cl)c(Cl)c3)CC2)nc2ccccc12. The van der Waals surface area contributed by atoms with E-state index in [0.717, 1.165) is 37.0 Å². The molecule has 1 heterocycles. The smallest absolute Gasteiger partial charge is 0.258 e. The lowest BCUT2D eigenvalue weighted by Crippen LogP contribution is -2.42. The van der Waals surface area contributed by atoms with Crippen LogP contribution in [0.25, 0.3) is 10.9 Å². The molecule has 7 heteroatoms. The number of ether oxygens (including phenoxy) is 1. The first-order valence-electron chi connectivity index (χ1n) is 10.5. The maximum absolute atomic E-state index is 12.3. The average Bonchev–Trinajstić information content (AvgIpc) is 2.76. The molecule has 0 bridgehead atoms. The number of hydrogen-bond donors (Lipinski definition) is 2. The largest absolute Gasteiger partial charge is 0.484 e. The van der Waals surface area contributed by atoms with E-state index in [-0.39, 0.29) is 18.6 Å². The van der Waals surface area contributed by atoms with Crippen LogP contribution in [0, 0.1) is 6.92 Å². The van der Waals surface area contributed by atoms with Gasteiger partial charge in [-0.15, -0.1) is 0 Å². The molecule has 2 aromatic carbocycles. The first-order valence-corrected chi connectivity index (χ1v) is 11.2. The number of pyridine rings is 1. The summed E-state index contributed by atoms with van der Waals surface area (Å²) in [6.07, 6.45) is 3.80. The molecule has 2 N–H and O–H groups in total. The third kappa shape index (κ3) is 5.60. The molecule has 0 radical (unpaired) electrons. The molecule has 0 unspecified atom stereocenters. The van der Waals surface area contributed by atoms with E-state index < -0.39 is 0 Å². The number of carbonyl (C=O) groups is 1. The predicted octanol–water partition coefficient (Wildman–Crippen LogP) is 5.77. The number of carbonyl (C=O) groups excluding carboxylic acids is 1. The maximum atomic E-state index is 12.3. The van der Waals surface area contributed by atoms with E-state index in [1.54, 1.807) is 18.2 Å². The van der Waals surface area contributed by atoms with E-state index in [1.165, 1.54) is 10.9 Å². The van der Waals surface area contributed by atoms with Gasteiger partial charge in [0, 0.05) is 23.5 Å². The van der Waals surface area contributed by atoms with Crippen LogP contribution in [-0.2, 0) is 4.79 Å². The van der Waals surface area contributed by atoms with E-state index in [9.17, 15) is 4.79 Å². The fraction of sp³-hybridized carbons (Fsp3) is 0.333. The molecule has 4 rings (SSSR count). The van der Waals surface area contributed by atoms with Gasteiger partial charge in [-0.25, -0.2) is 4.98 Å². The highest BCUT2D eigenvalue weighted by atomic mass is 35.5. The number of para-hydroxylation sites is 1. The van der Waals surface area contributed by atoms with Crippen LogP contribution in [0.3, 0.4) is 0 Å². The molecule has 1 amide bonds. The topological polar surface area (TPSA) is 63.2 Å². The van der Waals surface area contributed by atoms with Gasteiger partial charge in [0.05, 0.1) is 15.6 Å². The minimum Gasteiger partial charge on any atom is -0.484 e. The number of nitrogens with one attached hydrogen (secondary N) is 2. The first kappa shape index (κ1) is 21.7. The second kappa shape index (κ2) is 9.75. The van der Waals surface area contributed by atoms with E-state index in [1.807, 2.05) is 18.2 Å². The number of benzene rings is 2. The standard InChI is InChI=1S/C24H25Cl2N3O2/c1-15-12-23(29-22-5-3-2-4-19(15)22)27-16-6-8-17(9-7-16)28-24(30)14-31-18-10-11-20(25)21(26)13-18/h2-5,10-13,16-17H,6-9,14H2,1H3,(H,27,29)(H,28,30). The average molecular weight is 458 g/mol. The Hall–Kier alpha value is -2.50. The van der Waals surface area contributed by atoms with Gasteiger partial charge < -0.3 is 15.4 Å². The third-order valence-electron chi connectivity index (χ3n) is 5.63. The minimum absolute atomic E-state index is 0.0452. The Kier molecular flexibility index (Phi) is 6.83. The molecule has 0 spiro atoms. The van der Waals surface area contributed by atoms with Gasteiger partial charge >= 0.3 is 0 Å². The van der Waals surface area contributed by atoms with Crippen molar-refractivity contribution >= 4 is 45.8 Å². The Balaban J connectivity index is 1.24. The monoisotopic (exact) mass is 457 g/mol. The van der Waals surface area contributed by atoms with Crippen molar-refractivity contribution in [2.75, 3.05) is 11.9 Å². The predicted molar refractivity (Wildman–Crippen MR) is 126 cm³/mol. The van der Waals surface area contributed by atoms with Crippen LogP contribution in [0.2, 0.25) is 10.0 Å². The number of hydrogen-bond acceptors (Lipinski definition) is 4. The molecule has 31 heavy (non-hydrogen) atoms. The Morgan fingerprint density at radius 1 is 1.03 bits per heavy atom. The van der Waals surface area contributed by atoms with Crippen molar-refractivity contribution in [3.05, 3.63) is 64.1 Å². The molecular weight excluding hydrogens is 433 g/mol. The molecular formula is C24H25Cl2N3O2. The number of rotatable bonds is 6. The molecule has 0 saturated heterocycles. The first-order chi connectivity index (χ1) is 15.0. The van der Waals surface area contributed by atoms with Crippen LogP contribution < -0.4 is 15.4 Å². The number of nitrogens with zero attached hydrogens (tertiary/aromatic N) is 1. The fourth-order valence-electron chi connectivity index (χ4n) is 4.00. The highest BCUT2D eigenvalue weighted by Gasteiger charge is 2.23. The summed E-state index contributed by atoms with van der Waals surface area (Å²) in [5, 5.41) is 8.68. The van der Waals surface area contributed by atoms with Gasteiger partial charge in [-0.3, -0.25) is 4.79 Å². The number of amides is 1. The maximum Gasteiger partial charge on any atom is 0.258 e. The molecule has 1 aliphatic rings. The second-order valence-corrected chi connectivity index (χ2v) is 8.78. The summed E-state index contributed by atoms with van der Waals surface area (Å²) in [6.45, 7) is 2.07. The molecule has 162 valence electrons. The van der Waals surface area contributed by atoms with Gasteiger partial charge in [0.25, 0.3) is 5.91 Å². The van der Waals surface area contributed by atoms with Crippen molar-refractivity contribution in [2.45, 2.75) is 44.7 Å². The Morgan fingerprint density at radius 3 is 2.55 bits per heavy atom. The lowest BCUT2D eigenvalue weighted by molar-refractivity contribution is -0.124. The van der Waals surface area contributed by atoms with Gasteiger partial charge in [0.1, 0.15) is 11.6 Å². The minimum atomic E-state index is -0.130. The summed E-state index contributed by atoms with van der Waals surface area (Å²) in [7, 11) is 0. The number of aryl methyl sites for hydroxylation is 1. The summed E-state index contributed by atoms with van der Waals surface area (Å²) in [5.74, 6) is 1.31. The molecule has 5 nitrogen and oxygen atoms in total. The fourth-order valence-corrected chi connectivity index (χ4v) is 4.29. The van der Waals surface area contributed by atoms with E-state index in [0.29, 0.717) is 21.8 Å². The summed E-state index contributed by atoms with van der Waals surface area (Å²) < 4.78 is 5.52. The summed E-state index contributed by atoms with van der Waals surface area (Å²) in [5.41, 5.74) is 2.23. The number of anilines is 1. The van der Waals surface area contributed by atoms with Crippen LogP contribution in [0.1, 0.15) is 31.2 Å². The van der Waals surface area contributed by atoms with E-state index >= 15 is 0 Å². The molecule has 1 aliphatic carbocycles. The van der Waals surface area contributed by atoms with Gasteiger partial charge in [-0.05, 0) is 62.4 Å². The lowest BCUT2D eigenvalue weighted by atomic mass is 9.91. The highest BCUT2D eigenvalue weighted by molar-refractivity contribution is 6.42. The van der Waals surface area contributed by atoms with Crippen LogP contribution >= 0.6 is 23.2 Å². The number of halogens is 2. The van der Waals surface area contributed by atoms with Crippen molar-refractivity contribution in [3.63, 3.8) is 0 Å². The van der Waals surface area contributed by atoms with E-state index in [4.69, 9.17) is 32.9 Å². The second-order valence-electron chi connectivity index (χ2n) is 7.97. The molecule has 1 saturated carbocycles. The normalized spacial score (nSPS) is 18.5. The van der Waals surface area contributed by atoms with Gasteiger partial charge in [-0.1, -0.05) is 41.4 Å². The summed E-state index contributed by atoms with van der Waals surface area (Å²) in [4.78, 5) is 17.0. The van der Waals surface area contributed by atoms with Crippen molar-refractivity contribution in [1.82, 2.24) is 10.3 Å². The van der Waals surface area contributed by atoms with Crippen LogP contribution in [0.4, 0.5) is 5.82 Å².